The van der Waals surface area contributed by atoms with E-state index in [4.69, 9.17) is 0 Å². The standard InChI is InChI=1S/C12H20N2O3/c1-17-12(16)3-2-6-13-7-8-14-10(9-13)4-5-11(14)15/h10H,2-9H2,1H3. The summed E-state index contributed by atoms with van der Waals surface area (Å²) in [4.78, 5) is 26.8. The van der Waals surface area contributed by atoms with Crippen LogP contribution in [-0.4, -0.2) is 61.0 Å². The molecule has 0 aliphatic carbocycles. The van der Waals surface area contributed by atoms with Crippen molar-refractivity contribution in [2.24, 2.45) is 0 Å². The first kappa shape index (κ1) is 12.4. The van der Waals surface area contributed by atoms with Crippen LogP contribution < -0.4 is 0 Å². The molecule has 1 unspecified atom stereocenters. The monoisotopic (exact) mass is 240 g/mol. The van der Waals surface area contributed by atoms with Gasteiger partial charge in [0, 0.05) is 38.5 Å². The number of fused-ring (bicyclic) bond motifs is 1. The summed E-state index contributed by atoms with van der Waals surface area (Å²) in [5.74, 6) is 0.170. The molecule has 1 atom stereocenters. The van der Waals surface area contributed by atoms with E-state index >= 15 is 0 Å². The fourth-order valence-corrected chi connectivity index (χ4v) is 2.68. The third kappa shape index (κ3) is 2.97. The van der Waals surface area contributed by atoms with Gasteiger partial charge < -0.3 is 9.64 Å². The zero-order valence-corrected chi connectivity index (χ0v) is 10.4. The Morgan fingerprint density at radius 1 is 1.47 bits per heavy atom. The van der Waals surface area contributed by atoms with Gasteiger partial charge in [-0.3, -0.25) is 14.5 Å². The van der Waals surface area contributed by atoms with E-state index in [1.54, 1.807) is 0 Å². The summed E-state index contributed by atoms with van der Waals surface area (Å²) in [7, 11) is 1.42. The second-order valence-corrected chi connectivity index (χ2v) is 4.76. The molecule has 0 aromatic heterocycles. The average Bonchev–Trinajstić information content (AvgIpc) is 2.70. The molecule has 2 heterocycles. The van der Waals surface area contributed by atoms with E-state index < -0.39 is 0 Å². The van der Waals surface area contributed by atoms with Crippen molar-refractivity contribution in [2.75, 3.05) is 33.3 Å². The summed E-state index contributed by atoms with van der Waals surface area (Å²) in [5.41, 5.74) is 0. The maximum absolute atomic E-state index is 11.5. The Morgan fingerprint density at radius 3 is 3.06 bits per heavy atom. The Hall–Kier alpha value is -1.10. The molecule has 0 saturated carbocycles. The number of carbonyl (C=O) groups excluding carboxylic acids is 2. The van der Waals surface area contributed by atoms with Gasteiger partial charge in [-0.05, 0) is 19.4 Å². The van der Waals surface area contributed by atoms with Gasteiger partial charge in [-0.25, -0.2) is 0 Å². The zero-order chi connectivity index (χ0) is 12.3. The number of ether oxygens (including phenoxy) is 1. The van der Waals surface area contributed by atoms with E-state index in [1.165, 1.54) is 7.11 Å². The van der Waals surface area contributed by atoms with Crippen LogP contribution in [0.1, 0.15) is 25.7 Å². The smallest absolute Gasteiger partial charge is 0.305 e. The molecule has 0 N–H and O–H groups in total. The number of piperazine rings is 1. The molecule has 0 radical (unpaired) electrons. The van der Waals surface area contributed by atoms with Crippen molar-refractivity contribution < 1.29 is 14.3 Å². The first-order chi connectivity index (χ1) is 8.20. The summed E-state index contributed by atoms with van der Waals surface area (Å²) in [5, 5.41) is 0. The lowest BCUT2D eigenvalue weighted by molar-refractivity contribution is -0.140. The molecule has 2 rings (SSSR count). The van der Waals surface area contributed by atoms with Crippen molar-refractivity contribution in [2.45, 2.75) is 31.7 Å². The van der Waals surface area contributed by atoms with Gasteiger partial charge in [0.2, 0.25) is 5.91 Å². The molecular weight excluding hydrogens is 220 g/mol. The zero-order valence-electron chi connectivity index (χ0n) is 10.4. The maximum Gasteiger partial charge on any atom is 0.305 e. The van der Waals surface area contributed by atoms with Crippen molar-refractivity contribution >= 4 is 11.9 Å². The summed E-state index contributed by atoms with van der Waals surface area (Å²) in [6.07, 6.45) is 3.03. The minimum atomic E-state index is -0.139. The van der Waals surface area contributed by atoms with Crippen LogP contribution >= 0.6 is 0 Å². The highest BCUT2D eigenvalue weighted by atomic mass is 16.5. The second kappa shape index (κ2) is 5.49. The van der Waals surface area contributed by atoms with Gasteiger partial charge in [-0.2, -0.15) is 0 Å². The number of esters is 1. The second-order valence-electron chi connectivity index (χ2n) is 4.76. The van der Waals surface area contributed by atoms with Crippen LogP contribution in [0.3, 0.4) is 0 Å². The van der Waals surface area contributed by atoms with E-state index in [0.717, 1.165) is 39.0 Å². The Kier molecular flexibility index (Phi) is 3.99. The largest absolute Gasteiger partial charge is 0.469 e. The summed E-state index contributed by atoms with van der Waals surface area (Å²) >= 11 is 0. The van der Waals surface area contributed by atoms with E-state index in [2.05, 4.69) is 9.64 Å². The van der Waals surface area contributed by atoms with E-state index in [-0.39, 0.29) is 5.97 Å². The van der Waals surface area contributed by atoms with E-state index in [1.807, 2.05) is 4.90 Å². The lowest BCUT2D eigenvalue weighted by Gasteiger charge is -2.37. The van der Waals surface area contributed by atoms with Gasteiger partial charge in [0.25, 0.3) is 0 Å². The number of amides is 1. The highest BCUT2D eigenvalue weighted by Crippen LogP contribution is 2.22. The number of hydrogen-bond acceptors (Lipinski definition) is 4. The third-order valence-electron chi connectivity index (χ3n) is 3.66. The van der Waals surface area contributed by atoms with Crippen LogP contribution in [0.25, 0.3) is 0 Å². The molecular formula is C12H20N2O3. The number of hydrogen-bond donors (Lipinski definition) is 0. The van der Waals surface area contributed by atoms with E-state index in [0.29, 0.717) is 24.8 Å². The Morgan fingerprint density at radius 2 is 2.29 bits per heavy atom. The number of carbonyl (C=O) groups is 2. The van der Waals surface area contributed by atoms with Crippen LogP contribution in [0.4, 0.5) is 0 Å². The molecule has 0 spiro atoms. The van der Waals surface area contributed by atoms with Crippen LogP contribution in [0, 0.1) is 0 Å². The molecule has 0 bridgehead atoms. The lowest BCUT2D eigenvalue weighted by Crippen LogP contribution is -2.51. The van der Waals surface area contributed by atoms with Gasteiger partial charge >= 0.3 is 5.97 Å². The number of methoxy groups -OCH3 is 1. The topological polar surface area (TPSA) is 49.9 Å². The fourth-order valence-electron chi connectivity index (χ4n) is 2.68. The molecule has 2 saturated heterocycles. The third-order valence-corrected chi connectivity index (χ3v) is 3.66. The van der Waals surface area contributed by atoms with Crippen molar-refractivity contribution in [3.8, 4) is 0 Å². The summed E-state index contributed by atoms with van der Waals surface area (Å²) < 4.78 is 4.61. The maximum atomic E-state index is 11.5. The number of rotatable bonds is 4. The molecule has 5 heteroatoms. The first-order valence-corrected chi connectivity index (χ1v) is 6.29. The molecule has 96 valence electrons. The average molecular weight is 240 g/mol. The van der Waals surface area contributed by atoms with Gasteiger partial charge in [0.15, 0.2) is 0 Å². The molecule has 17 heavy (non-hydrogen) atoms. The minimum absolute atomic E-state index is 0.139. The molecule has 0 aromatic rings. The molecule has 2 aliphatic rings. The van der Waals surface area contributed by atoms with Gasteiger partial charge in [0.1, 0.15) is 0 Å². The molecule has 0 aromatic carbocycles. The Labute approximate surface area is 102 Å². The number of nitrogens with zero attached hydrogens (tertiary/aromatic N) is 2. The van der Waals surface area contributed by atoms with Crippen molar-refractivity contribution in [3.63, 3.8) is 0 Å². The Balaban J connectivity index is 1.70. The summed E-state index contributed by atoms with van der Waals surface area (Å²) in [6.45, 7) is 3.67. The van der Waals surface area contributed by atoms with Crippen LogP contribution in [-0.2, 0) is 14.3 Å². The van der Waals surface area contributed by atoms with Gasteiger partial charge in [0.05, 0.1) is 7.11 Å². The van der Waals surface area contributed by atoms with E-state index in [9.17, 15) is 9.59 Å². The molecule has 2 fully saturated rings. The normalized spacial score (nSPS) is 24.9. The van der Waals surface area contributed by atoms with Crippen LogP contribution in [0.2, 0.25) is 0 Å². The van der Waals surface area contributed by atoms with Crippen molar-refractivity contribution in [3.05, 3.63) is 0 Å². The summed E-state index contributed by atoms with van der Waals surface area (Å²) in [6, 6.07) is 0.411. The SMILES string of the molecule is COC(=O)CCCN1CCN2C(=O)CCC2C1. The highest BCUT2D eigenvalue weighted by molar-refractivity contribution is 5.78. The fraction of sp³-hybridized carbons (Fsp3) is 0.833. The quantitative estimate of drug-likeness (QED) is 0.661. The lowest BCUT2D eigenvalue weighted by atomic mass is 10.1. The van der Waals surface area contributed by atoms with Crippen molar-refractivity contribution in [1.82, 2.24) is 9.80 Å². The predicted octanol–water partition coefficient (Wildman–Crippen LogP) is 0.246. The van der Waals surface area contributed by atoms with Crippen molar-refractivity contribution in [1.29, 1.82) is 0 Å². The first-order valence-electron chi connectivity index (χ1n) is 6.29. The Bertz CT molecular complexity index is 306. The predicted molar refractivity (Wildman–Crippen MR) is 62.4 cm³/mol. The molecule has 1 amide bonds. The van der Waals surface area contributed by atoms with Crippen LogP contribution in [0.5, 0.6) is 0 Å². The molecule has 2 aliphatic heterocycles. The minimum Gasteiger partial charge on any atom is -0.469 e. The van der Waals surface area contributed by atoms with Crippen LogP contribution in [0.15, 0.2) is 0 Å². The van der Waals surface area contributed by atoms with Gasteiger partial charge in [-0.15, -0.1) is 0 Å². The highest BCUT2D eigenvalue weighted by Gasteiger charge is 2.35. The van der Waals surface area contributed by atoms with Gasteiger partial charge in [-0.1, -0.05) is 0 Å². The molecule has 5 nitrogen and oxygen atoms in total.